The van der Waals surface area contributed by atoms with E-state index < -0.39 is 87.3 Å². The number of likely N-dealkylation sites (N-methyl/N-ethyl adjacent to an activating group) is 1. The van der Waals surface area contributed by atoms with E-state index in [4.69, 9.17) is 22.8 Å². The molecule has 0 radical (unpaired) electrons. The Morgan fingerprint density at radius 3 is 2.88 bits per heavy atom. The lowest BCUT2D eigenvalue weighted by Gasteiger charge is -2.23. The van der Waals surface area contributed by atoms with Crippen molar-refractivity contribution in [3.63, 3.8) is 0 Å². The molecule has 1 aromatic rings. The van der Waals surface area contributed by atoms with E-state index in [9.17, 15) is 13.2 Å². The van der Waals surface area contributed by atoms with E-state index in [1.54, 1.807) is 0 Å². The van der Waals surface area contributed by atoms with Gasteiger partial charge in [0, 0.05) is 28.2 Å². The number of ether oxygens (including phenoxy) is 1. The lowest BCUT2D eigenvalue weighted by atomic mass is 10.1. The monoisotopic (exact) mass is 378 g/mol. The van der Waals surface area contributed by atoms with Crippen molar-refractivity contribution >= 4 is 21.4 Å². The first-order valence-electron chi connectivity index (χ1n) is 12.1. The highest BCUT2D eigenvalue weighted by Gasteiger charge is 2.25. The average Bonchev–Trinajstić information content (AvgIpc) is 2.81. The summed E-state index contributed by atoms with van der Waals surface area (Å²) in [5, 5.41) is 2.18. The molecule has 8 heteroatoms. The summed E-state index contributed by atoms with van der Waals surface area (Å²) in [7, 11) is -3.07. The van der Waals surface area contributed by atoms with Crippen molar-refractivity contribution in [3.05, 3.63) is 17.6 Å². The van der Waals surface area contributed by atoms with Gasteiger partial charge in [-0.2, -0.15) is 0 Å². The number of likely N-dealkylation sites (tertiary alicyclic amines) is 1. The molecule has 3 N–H and O–H groups in total. The molecule has 7 nitrogen and oxygen atoms in total. The van der Waals surface area contributed by atoms with Crippen LogP contribution in [0.3, 0.4) is 0 Å². The molecule has 140 valence electrons. The third kappa shape index (κ3) is 4.24. The fourth-order valence-corrected chi connectivity index (χ4v) is 3.08. The number of hydrogen-bond acceptors (Lipinski definition) is 6. The fraction of sp³-hybridized carbons (Fsp3) is 0.588. The van der Waals surface area contributed by atoms with Gasteiger partial charge in [-0.05, 0) is 31.8 Å². The van der Waals surface area contributed by atoms with Gasteiger partial charge >= 0.3 is 0 Å². The van der Waals surface area contributed by atoms with Crippen LogP contribution in [-0.2, 0) is 9.84 Å². The Bertz CT molecular complexity index is 1110. The van der Waals surface area contributed by atoms with Crippen LogP contribution >= 0.6 is 0 Å². The van der Waals surface area contributed by atoms with E-state index in [0.717, 1.165) is 7.11 Å². The zero-order valence-corrected chi connectivity index (χ0v) is 15.0. The Labute approximate surface area is 162 Å². The smallest absolute Gasteiger partial charge is 0.255 e. The molecule has 0 bridgehead atoms. The third-order valence-electron chi connectivity index (χ3n) is 3.54. The number of carbonyl (C=O) groups is 1. The highest BCUT2D eigenvalue weighted by atomic mass is 32.2. The second-order valence-electron chi connectivity index (χ2n) is 5.04. The maximum Gasteiger partial charge on any atom is 0.255 e. The molecule has 2 rings (SSSR count). The number of nitrogens with two attached hydrogens (primary N) is 1. The van der Waals surface area contributed by atoms with Crippen molar-refractivity contribution in [2.75, 3.05) is 38.2 Å². The summed E-state index contributed by atoms with van der Waals surface area (Å²) in [6.45, 7) is -1.40. The molecule has 0 saturated carbocycles. The average molecular weight is 379 g/mol. The van der Waals surface area contributed by atoms with Crippen LogP contribution in [0.1, 0.15) is 49.3 Å². The lowest BCUT2D eigenvalue weighted by molar-refractivity contribution is 0.0938. The predicted molar refractivity (Wildman–Crippen MR) is 97.7 cm³/mol. The van der Waals surface area contributed by atoms with Crippen molar-refractivity contribution < 1.29 is 30.3 Å². The number of anilines is 1. The quantitative estimate of drug-likeness (QED) is 0.693. The standard InChI is InChI=1S/C17H27N3O4S/c1-4-20-8-6-7-12(20)11-19-17(21)13-9-16(25(22,23)5-2)14(18)10-15(13)24-3/h9-10,12H,4-8,11,18H2,1-3H3,(H,19,21)/i6D2,7D2,8D2,9D,10D,12D. The lowest BCUT2D eigenvalue weighted by Crippen LogP contribution is -2.40. The first-order valence-corrected chi connectivity index (χ1v) is 9.22. The van der Waals surface area contributed by atoms with Crippen molar-refractivity contribution in [1.82, 2.24) is 10.2 Å². The molecule has 1 saturated heterocycles. The second-order valence-corrected chi connectivity index (χ2v) is 7.25. The number of carbonyl (C=O) groups excluding carboxylic acids is 1. The van der Waals surface area contributed by atoms with Gasteiger partial charge in [0.05, 0.1) is 31.8 Å². The third-order valence-corrected chi connectivity index (χ3v) is 5.24. The molecule has 25 heavy (non-hydrogen) atoms. The van der Waals surface area contributed by atoms with Gasteiger partial charge in [-0.3, -0.25) is 9.69 Å². The largest absolute Gasteiger partial charge is 0.496 e. The number of methoxy groups -OCH3 is 1. The summed E-state index contributed by atoms with van der Waals surface area (Å²) in [6, 6.07) is -4.12. The Hall–Kier alpha value is -1.80. The maximum absolute atomic E-state index is 13.1. The molecule has 1 atom stereocenters. The van der Waals surface area contributed by atoms with E-state index in [0.29, 0.717) is 4.90 Å². The number of benzene rings is 1. The molecule has 0 spiro atoms. The topological polar surface area (TPSA) is 102 Å². The number of sulfone groups is 1. The Morgan fingerprint density at radius 2 is 2.28 bits per heavy atom. The van der Waals surface area contributed by atoms with Crippen LogP contribution in [0, 0.1) is 0 Å². The van der Waals surface area contributed by atoms with Crippen LogP contribution in [0.15, 0.2) is 17.0 Å². The Balaban J connectivity index is 2.61. The minimum absolute atomic E-state index is 0.268. The SMILES string of the molecule is [2H]c1c(N)c(S(=O)(=O)CC)c([2H])c(C(=O)NCC2([2H])N(CC)C([2H])([2H])C([2H])([2H])C2([2H])[2H])c1OC. The van der Waals surface area contributed by atoms with Crippen molar-refractivity contribution in [3.8, 4) is 5.75 Å². The van der Waals surface area contributed by atoms with Gasteiger partial charge in [-0.1, -0.05) is 13.8 Å². The normalized spacial score (nSPS) is 32.5. The van der Waals surface area contributed by atoms with Crippen LogP contribution in [-0.4, -0.2) is 57.7 Å². The zero-order valence-electron chi connectivity index (χ0n) is 23.2. The van der Waals surface area contributed by atoms with Crippen LogP contribution in [0.5, 0.6) is 5.75 Å². The molecule has 1 amide bonds. The van der Waals surface area contributed by atoms with Crippen LogP contribution in [0.4, 0.5) is 5.69 Å². The predicted octanol–water partition coefficient (Wildman–Crippen LogP) is 1.29. The number of nitrogens with zero attached hydrogens (tertiary/aromatic N) is 1. The summed E-state index contributed by atoms with van der Waals surface area (Å²) in [5.41, 5.74) is 4.48. The number of nitrogens with one attached hydrogen (secondary N) is 1. The number of nitrogen functional groups attached to an aromatic ring is 1. The van der Waals surface area contributed by atoms with Gasteiger partial charge in [0.1, 0.15) is 5.75 Å². The van der Waals surface area contributed by atoms with Crippen LogP contribution in [0.2, 0.25) is 0 Å². The first-order chi connectivity index (χ1) is 15.3. The van der Waals surface area contributed by atoms with Gasteiger partial charge in [0.2, 0.25) is 0 Å². The molecule has 1 aromatic carbocycles. The Morgan fingerprint density at radius 1 is 1.56 bits per heavy atom. The van der Waals surface area contributed by atoms with E-state index in [1.807, 2.05) is 0 Å². The summed E-state index contributed by atoms with van der Waals surface area (Å²) in [4.78, 5) is 13.0. The van der Waals surface area contributed by atoms with E-state index >= 15 is 0 Å². The number of hydrogen-bond donors (Lipinski definition) is 2. The molecule has 0 aliphatic carbocycles. The van der Waals surface area contributed by atoms with Gasteiger partial charge in [0.15, 0.2) is 9.84 Å². The zero-order chi connectivity index (χ0) is 26.7. The summed E-state index contributed by atoms with van der Waals surface area (Å²) in [5.74, 6) is -2.18. The number of amides is 1. The van der Waals surface area contributed by atoms with Crippen molar-refractivity contribution in [2.45, 2.75) is 37.5 Å². The van der Waals surface area contributed by atoms with Gasteiger partial charge in [0.25, 0.3) is 5.91 Å². The van der Waals surface area contributed by atoms with E-state index in [2.05, 4.69) is 5.32 Å². The molecule has 1 fully saturated rings. The molecule has 1 unspecified atom stereocenters. The molecule has 1 aliphatic heterocycles. The summed E-state index contributed by atoms with van der Waals surface area (Å²) < 4.78 is 103. The van der Waals surface area contributed by atoms with Gasteiger partial charge < -0.3 is 15.8 Å². The molecular formula is C17H27N3O4S. The highest BCUT2D eigenvalue weighted by molar-refractivity contribution is 7.91. The minimum Gasteiger partial charge on any atom is -0.496 e. The molecule has 0 aromatic heterocycles. The fourth-order valence-electron chi connectivity index (χ4n) is 2.15. The molecule has 1 heterocycles. The minimum atomic E-state index is -4.14. The van der Waals surface area contributed by atoms with E-state index in [1.165, 1.54) is 13.8 Å². The summed E-state index contributed by atoms with van der Waals surface area (Å²) in [6.07, 6.45) is -6.22. The maximum atomic E-state index is 13.1. The second kappa shape index (κ2) is 8.05. The van der Waals surface area contributed by atoms with E-state index in [-0.39, 0.29) is 6.54 Å². The van der Waals surface area contributed by atoms with Gasteiger partial charge in [-0.15, -0.1) is 0 Å². The van der Waals surface area contributed by atoms with Crippen LogP contribution < -0.4 is 15.8 Å². The van der Waals surface area contributed by atoms with Crippen LogP contribution in [0.25, 0.3) is 0 Å². The van der Waals surface area contributed by atoms with Crippen molar-refractivity contribution in [2.24, 2.45) is 0 Å². The van der Waals surface area contributed by atoms with Gasteiger partial charge in [-0.25, -0.2) is 8.42 Å². The van der Waals surface area contributed by atoms with Crippen molar-refractivity contribution in [1.29, 1.82) is 0 Å². The molecular weight excluding hydrogens is 342 g/mol. The molecule has 1 aliphatic rings. The Kier molecular flexibility index (Phi) is 3.34. The number of rotatable bonds is 7. The summed E-state index contributed by atoms with van der Waals surface area (Å²) >= 11 is 0. The first kappa shape index (κ1) is 10.4. The highest BCUT2D eigenvalue weighted by Crippen LogP contribution is 2.29.